The molecule has 4 nitrogen and oxygen atoms in total. The van der Waals surface area contributed by atoms with Gasteiger partial charge in [-0.05, 0) is 29.8 Å². The molecule has 0 aromatic carbocycles. The van der Waals surface area contributed by atoms with E-state index in [1.807, 2.05) is 24.3 Å². The third-order valence-corrected chi connectivity index (χ3v) is 2.71. The second-order valence-corrected chi connectivity index (χ2v) is 3.80. The number of hydrogen-bond donors (Lipinski definition) is 0. The lowest BCUT2D eigenvalue weighted by Gasteiger charge is -1.99. The Hall–Kier alpha value is -1.78. The summed E-state index contributed by atoms with van der Waals surface area (Å²) < 4.78 is 0. The molecule has 3 rings (SSSR count). The van der Waals surface area contributed by atoms with Crippen molar-refractivity contribution in [2.75, 3.05) is 0 Å². The molecule has 0 spiro atoms. The van der Waals surface area contributed by atoms with Crippen LogP contribution in [0.15, 0.2) is 47.8 Å². The van der Waals surface area contributed by atoms with Gasteiger partial charge in [-0.3, -0.25) is 9.78 Å². The summed E-state index contributed by atoms with van der Waals surface area (Å²) in [7, 11) is 0. The Balaban J connectivity index is 0.000000902. The van der Waals surface area contributed by atoms with Crippen molar-refractivity contribution in [3.05, 3.63) is 59.1 Å². The zero-order valence-corrected chi connectivity index (χ0v) is 11.4. The van der Waals surface area contributed by atoms with Crippen molar-refractivity contribution >= 4 is 36.3 Å². The van der Waals surface area contributed by atoms with Crippen LogP contribution in [0.4, 0.5) is 0 Å². The van der Waals surface area contributed by atoms with Gasteiger partial charge in [0.2, 0.25) is 0 Å². The van der Waals surface area contributed by atoms with E-state index in [2.05, 4.69) is 15.0 Å². The number of amides is 1. The largest absolute Gasteiger partial charge is 0.276 e. The van der Waals surface area contributed by atoms with Crippen LogP contribution in [0.1, 0.15) is 5.56 Å². The molecule has 3 heterocycles. The van der Waals surface area contributed by atoms with Crippen LogP contribution in [0.5, 0.6) is 0 Å². The normalized spacial score (nSPS) is 12.0. The molecule has 0 aliphatic carbocycles. The van der Waals surface area contributed by atoms with E-state index in [9.17, 15) is 4.79 Å². The number of hydrogen-bond acceptors (Lipinski definition) is 3. The maximum absolute atomic E-state index is 11.8. The molecule has 0 saturated heterocycles. The number of fused-ring (bicyclic) bond motifs is 1. The van der Waals surface area contributed by atoms with Gasteiger partial charge < -0.3 is 0 Å². The molecule has 19 heavy (non-hydrogen) atoms. The van der Waals surface area contributed by atoms with E-state index in [1.54, 1.807) is 18.6 Å². The minimum Gasteiger partial charge on any atom is -0.267 e. The summed E-state index contributed by atoms with van der Waals surface area (Å²) >= 11 is 0. The highest BCUT2D eigenvalue weighted by atomic mass is 35.5. The molecule has 2 aromatic rings. The SMILES string of the molecule is Cl.Cl.O=C1N=c2ncccc2=C1Cc1ccncc1. The van der Waals surface area contributed by atoms with E-state index in [1.165, 1.54) is 0 Å². The first-order chi connectivity index (χ1) is 8.34. The second-order valence-electron chi connectivity index (χ2n) is 3.80. The van der Waals surface area contributed by atoms with Gasteiger partial charge in [0.05, 0.1) is 0 Å². The van der Waals surface area contributed by atoms with Gasteiger partial charge in [-0.15, -0.1) is 24.8 Å². The third kappa shape index (κ3) is 2.97. The van der Waals surface area contributed by atoms with Gasteiger partial charge in [0.15, 0.2) is 5.49 Å². The van der Waals surface area contributed by atoms with Crippen molar-refractivity contribution in [3.63, 3.8) is 0 Å². The Kier molecular flexibility index (Phi) is 5.15. The molecule has 2 aromatic heterocycles. The summed E-state index contributed by atoms with van der Waals surface area (Å²) in [5, 5.41) is 0.842. The molecule has 6 heteroatoms. The lowest BCUT2D eigenvalue weighted by molar-refractivity contribution is -0.112. The van der Waals surface area contributed by atoms with Crippen LogP contribution in [0, 0.1) is 0 Å². The summed E-state index contributed by atoms with van der Waals surface area (Å²) in [5.74, 6) is -0.185. The summed E-state index contributed by atoms with van der Waals surface area (Å²) in [6.45, 7) is 0. The topological polar surface area (TPSA) is 55.2 Å². The summed E-state index contributed by atoms with van der Waals surface area (Å²) in [5.41, 5.74) is 2.29. The first-order valence-electron chi connectivity index (χ1n) is 5.31. The Morgan fingerprint density at radius 2 is 1.74 bits per heavy atom. The lowest BCUT2D eigenvalue weighted by atomic mass is 10.1. The molecular weight excluding hydrogens is 285 g/mol. The molecule has 0 saturated carbocycles. The minimum absolute atomic E-state index is 0. The van der Waals surface area contributed by atoms with E-state index >= 15 is 0 Å². The van der Waals surface area contributed by atoms with Crippen molar-refractivity contribution in [2.24, 2.45) is 4.99 Å². The van der Waals surface area contributed by atoms with Crippen molar-refractivity contribution < 1.29 is 4.79 Å². The molecule has 0 fully saturated rings. The lowest BCUT2D eigenvalue weighted by Crippen LogP contribution is -2.26. The number of rotatable bonds is 2. The minimum atomic E-state index is -0.185. The van der Waals surface area contributed by atoms with E-state index in [-0.39, 0.29) is 30.7 Å². The molecular formula is C13H11Cl2N3O. The summed E-state index contributed by atoms with van der Waals surface area (Å²) in [6.07, 6.45) is 5.65. The Morgan fingerprint density at radius 3 is 2.47 bits per heavy atom. The Morgan fingerprint density at radius 1 is 1.00 bits per heavy atom. The predicted octanol–water partition coefficient (Wildman–Crippen LogP) is 0.873. The van der Waals surface area contributed by atoms with Crippen LogP contribution in [-0.2, 0) is 11.2 Å². The highest BCUT2D eigenvalue weighted by Gasteiger charge is 2.16. The van der Waals surface area contributed by atoms with Crippen LogP contribution >= 0.6 is 24.8 Å². The highest BCUT2D eigenvalue weighted by molar-refractivity contribution is 6.15. The molecule has 0 atom stereocenters. The Labute approximate surface area is 122 Å². The average Bonchev–Trinajstić information content (AvgIpc) is 2.68. The molecule has 0 bridgehead atoms. The first-order valence-corrected chi connectivity index (χ1v) is 5.31. The van der Waals surface area contributed by atoms with Crippen molar-refractivity contribution in [2.45, 2.75) is 6.42 Å². The second kappa shape index (κ2) is 6.41. The van der Waals surface area contributed by atoms with E-state index in [0.717, 1.165) is 10.8 Å². The maximum atomic E-state index is 11.8. The van der Waals surface area contributed by atoms with E-state index < -0.39 is 0 Å². The van der Waals surface area contributed by atoms with E-state index in [0.29, 0.717) is 17.5 Å². The van der Waals surface area contributed by atoms with Gasteiger partial charge in [0, 0.05) is 35.8 Å². The van der Waals surface area contributed by atoms with Gasteiger partial charge in [0.1, 0.15) is 0 Å². The molecule has 1 aliphatic rings. The Bertz CT molecular complexity index is 701. The third-order valence-electron chi connectivity index (χ3n) is 2.71. The summed E-state index contributed by atoms with van der Waals surface area (Å²) in [4.78, 5) is 23.7. The zero-order valence-electron chi connectivity index (χ0n) is 9.81. The molecule has 0 radical (unpaired) electrons. The smallest absolute Gasteiger partial charge is 0.267 e. The summed E-state index contributed by atoms with van der Waals surface area (Å²) in [6, 6.07) is 7.50. The number of halogens is 2. The fourth-order valence-electron chi connectivity index (χ4n) is 1.88. The van der Waals surface area contributed by atoms with Crippen molar-refractivity contribution in [1.82, 2.24) is 9.97 Å². The predicted molar refractivity (Wildman–Crippen MR) is 75.9 cm³/mol. The van der Waals surface area contributed by atoms with Crippen LogP contribution < -0.4 is 10.7 Å². The fourth-order valence-corrected chi connectivity index (χ4v) is 1.88. The molecule has 0 unspecified atom stereocenters. The number of pyridine rings is 2. The van der Waals surface area contributed by atoms with Crippen LogP contribution in [0.2, 0.25) is 0 Å². The molecule has 0 N–H and O–H groups in total. The first kappa shape index (κ1) is 15.3. The van der Waals surface area contributed by atoms with Gasteiger partial charge >= 0.3 is 0 Å². The number of nitrogens with zero attached hydrogens (tertiary/aromatic N) is 3. The van der Waals surface area contributed by atoms with Crippen LogP contribution in [0.25, 0.3) is 5.57 Å². The van der Waals surface area contributed by atoms with Crippen LogP contribution in [-0.4, -0.2) is 15.9 Å². The van der Waals surface area contributed by atoms with Crippen molar-refractivity contribution in [3.8, 4) is 0 Å². The fraction of sp³-hybridized carbons (Fsp3) is 0.0769. The van der Waals surface area contributed by atoms with Gasteiger partial charge in [-0.1, -0.05) is 0 Å². The quantitative estimate of drug-likeness (QED) is 0.826. The molecule has 1 aliphatic heterocycles. The van der Waals surface area contributed by atoms with Crippen molar-refractivity contribution in [1.29, 1.82) is 0 Å². The molecule has 98 valence electrons. The number of aromatic nitrogens is 2. The average molecular weight is 296 g/mol. The molecule has 1 amide bonds. The van der Waals surface area contributed by atoms with Gasteiger partial charge in [0.25, 0.3) is 5.91 Å². The number of carbonyl (C=O) groups is 1. The van der Waals surface area contributed by atoms with E-state index in [4.69, 9.17) is 0 Å². The number of carbonyl (C=O) groups excluding carboxylic acids is 1. The maximum Gasteiger partial charge on any atom is 0.276 e. The standard InChI is InChI=1S/C13H9N3O.2ClH/c17-13-11(8-9-3-6-14-7-4-9)10-2-1-5-15-12(10)16-13;;/h1-7H,8H2;2*1H. The van der Waals surface area contributed by atoms with Crippen LogP contribution in [0.3, 0.4) is 0 Å². The monoisotopic (exact) mass is 295 g/mol. The van der Waals surface area contributed by atoms with Gasteiger partial charge in [-0.2, -0.15) is 4.99 Å². The highest BCUT2D eigenvalue weighted by Crippen LogP contribution is 2.09. The zero-order chi connectivity index (χ0) is 11.7. The van der Waals surface area contributed by atoms with Gasteiger partial charge in [-0.25, -0.2) is 4.98 Å².